The topological polar surface area (TPSA) is 38.3 Å². The smallest absolute Gasteiger partial charge is 0.224 e. The monoisotopic (exact) mass is 325 g/mol. The Kier molecular flexibility index (Phi) is 4.99. The number of rotatable bonds is 5. The van der Waals surface area contributed by atoms with E-state index in [2.05, 4.69) is 21.2 Å². The van der Waals surface area contributed by atoms with Gasteiger partial charge in [-0.05, 0) is 50.3 Å². The highest BCUT2D eigenvalue weighted by atomic mass is 79.9. The SMILES string of the molecule is CCOC1CC(CC(=O)Nc2ccc(C)c(Br)c2)C1. The van der Waals surface area contributed by atoms with Gasteiger partial charge in [-0.1, -0.05) is 22.0 Å². The summed E-state index contributed by atoms with van der Waals surface area (Å²) in [7, 11) is 0. The van der Waals surface area contributed by atoms with Gasteiger partial charge in [0.25, 0.3) is 0 Å². The first-order valence-corrected chi connectivity index (χ1v) is 7.55. The molecule has 1 amide bonds. The summed E-state index contributed by atoms with van der Waals surface area (Å²) in [6.45, 7) is 4.80. The van der Waals surface area contributed by atoms with Gasteiger partial charge < -0.3 is 10.1 Å². The van der Waals surface area contributed by atoms with Gasteiger partial charge in [-0.3, -0.25) is 4.79 Å². The zero-order valence-corrected chi connectivity index (χ0v) is 13.0. The van der Waals surface area contributed by atoms with Crippen LogP contribution in [0.2, 0.25) is 0 Å². The minimum absolute atomic E-state index is 0.0932. The first-order chi connectivity index (χ1) is 9.08. The van der Waals surface area contributed by atoms with Gasteiger partial charge in [0.15, 0.2) is 0 Å². The average molecular weight is 326 g/mol. The maximum Gasteiger partial charge on any atom is 0.224 e. The van der Waals surface area contributed by atoms with Crippen molar-refractivity contribution in [1.29, 1.82) is 0 Å². The third-order valence-electron chi connectivity index (χ3n) is 3.52. The first kappa shape index (κ1) is 14.5. The maximum atomic E-state index is 11.9. The Morgan fingerprint density at radius 3 is 2.84 bits per heavy atom. The van der Waals surface area contributed by atoms with Crippen molar-refractivity contribution in [2.24, 2.45) is 5.92 Å². The molecule has 0 atom stereocenters. The normalized spacial score (nSPS) is 21.8. The predicted octanol–water partition coefficient (Wildman–Crippen LogP) is 3.90. The molecule has 0 heterocycles. The molecule has 0 aliphatic heterocycles. The maximum absolute atomic E-state index is 11.9. The predicted molar refractivity (Wildman–Crippen MR) is 80.3 cm³/mol. The quantitative estimate of drug-likeness (QED) is 0.891. The number of amides is 1. The number of benzene rings is 1. The van der Waals surface area contributed by atoms with Crippen LogP contribution in [0.15, 0.2) is 22.7 Å². The first-order valence-electron chi connectivity index (χ1n) is 6.76. The Bertz CT molecular complexity index is 455. The van der Waals surface area contributed by atoms with Crippen molar-refractivity contribution in [3.8, 4) is 0 Å². The van der Waals surface area contributed by atoms with Crippen LogP contribution in [0.25, 0.3) is 0 Å². The molecule has 0 aromatic heterocycles. The van der Waals surface area contributed by atoms with Crippen molar-refractivity contribution in [3.63, 3.8) is 0 Å². The van der Waals surface area contributed by atoms with Gasteiger partial charge in [0.1, 0.15) is 0 Å². The Morgan fingerprint density at radius 2 is 2.21 bits per heavy atom. The fraction of sp³-hybridized carbons (Fsp3) is 0.533. The van der Waals surface area contributed by atoms with Gasteiger partial charge in [0, 0.05) is 23.2 Å². The lowest BCUT2D eigenvalue weighted by molar-refractivity contribution is -0.119. The Hall–Kier alpha value is -0.870. The third kappa shape index (κ3) is 4.05. The highest BCUT2D eigenvalue weighted by Gasteiger charge is 2.30. The Balaban J connectivity index is 1.77. The van der Waals surface area contributed by atoms with Crippen molar-refractivity contribution in [2.75, 3.05) is 11.9 Å². The van der Waals surface area contributed by atoms with Crippen molar-refractivity contribution in [2.45, 2.75) is 39.2 Å². The lowest BCUT2D eigenvalue weighted by Crippen LogP contribution is -2.33. The van der Waals surface area contributed by atoms with Crippen LogP contribution in [0, 0.1) is 12.8 Å². The molecule has 1 N–H and O–H groups in total. The zero-order chi connectivity index (χ0) is 13.8. The fourth-order valence-electron chi connectivity index (χ4n) is 2.36. The van der Waals surface area contributed by atoms with E-state index in [1.165, 1.54) is 0 Å². The second-order valence-corrected chi connectivity index (χ2v) is 5.99. The van der Waals surface area contributed by atoms with Crippen LogP contribution in [-0.4, -0.2) is 18.6 Å². The molecule has 2 rings (SSSR count). The minimum atomic E-state index is 0.0932. The molecule has 1 aromatic rings. The van der Waals surface area contributed by atoms with E-state index in [1.807, 2.05) is 32.0 Å². The van der Waals surface area contributed by atoms with Crippen LogP contribution >= 0.6 is 15.9 Å². The summed E-state index contributed by atoms with van der Waals surface area (Å²) < 4.78 is 6.52. The van der Waals surface area contributed by atoms with E-state index >= 15 is 0 Å². The largest absolute Gasteiger partial charge is 0.378 e. The van der Waals surface area contributed by atoms with E-state index < -0.39 is 0 Å². The van der Waals surface area contributed by atoms with E-state index in [9.17, 15) is 4.79 Å². The van der Waals surface area contributed by atoms with E-state index in [0.29, 0.717) is 18.4 Å². The minimum Gasteiger partial charge on any atom is -0.378 e. The fourth-order valence-corrected chi connectivity index (χ4v) is 2.74. The number of ether oxygens (including phenoxy) is 1. The number of hydrogen-bond donors (Lipinski definition) is 1. The van der Waals surface area contributed by atoms with Crippen LogP contribution in [0.4, 0.5) is 5.69 Å². The number of anilines is 1. The molecular formula is C15H20BrNO2. The summed E-state index contributed by atoms with van der Waals surface area (Å²) in [6, 6.07) is 5.87. The van der Waals surface area contributed by atoms with Crippen molar-refractivity contribution >= 4 is 27.5 Å². The summed E-state index contributed by atoms with van der Waals surface area (Å²) >= 11 is 3.47. The van der Waals surface area contributed by atoms with Crippen LogP contribution < -0.4 is 5.32 Å². The molecule has 4 heteroatoms. The molecule has 0 spiro atoms. The summed E-state index contributed by atoms with van der Waals surface area (Å²) in [5, 5.41) is 2.95. The van der Waals surface area contributed by atoms with Crippen molar-refractivity contribution in [3.05, 3.63) is 28.2 Å². The van der Waals surface area contributed by atoms with Crippen molar-refractivity contribution in [1.82, 2.24) is 0 Å². The molecule has 104 valence electrons. The van der Waals surface area contributed by atoms with E-state index in [0.717, 1.165) is 35.2 Å². The van der Waals surface area contributed by atoms with E-state index in [1.54, 1.807) is 0 Å². The standard InChI is InChI=1S/C15H20BrNO2/c1-3-19-13-6-11(7-13)8-15(18)17-12-5-4-10(2)14(16)9-12/h4-5,9,11,13H,3,6-8H2,1-2H3,(H,17,18). The molecule has 1 aliphatic carbocycles. The third-order valence-corrected chi connectivity index (χ3v) is 4.38. The highest BCUT2D eigenvalue weighted by Crippen LogP contribution is 2.33. The molecule has 1 aliphatic rings. The molecule has 0 saturated heterocycles. The van der Waals surface area contributed by atoms with Crippen LogP contribution in [0.3, 0.4) is 0 Å². The molecule has 1 saturated carbocycles. The zero-order valence-electron chi connectivity index (χ0n) is 11.4. The van der Waals surface area contributed by atoms with Gasteiger partial charge in [0.2, 0.25) is 5.91 Å². The van der Waals surface area contributed by atoms with E-state index in [4.69, 9.17) is 4.74 Å². The Morgan fingerprint density at radius 1 is 1.47 bits per heavy atom. The second-order valence-electron chi connectivity index (χ2n) is 5.13. The van der Waals surface area contributed by atoms with Crippen LogP contribution in [0.5, 0.6) is 0 Å². The van der Waals surface area contributed by atoms with Crippen LogP contribution in [0.1, 0.15) is 31.7 Å². The summed E-state index contributed by atoms with van der Waals surface area (Å²) in [5.74, 6) is 0.571. The number of carbonyl (C=O) groups excluding carboxylic acids is 1. The summed E-state index contributed by atoms with van der Waals surface area (Å²) in [6.07, 6.45) is 2.99. The van der Waals surface area contributed by atoms with Gasteiger partial charge >= 0.3 is 0 Å². The van der Waals surface area contributed by atoms with Crippen molar-refractivity contribution < 1.29 is 9.53 Å². The molecule has 0 bridgehead atoms. The average Bonchev–Trinajstić information content (AvgIpc) is 2.31. The van der Waals surface area contributed by atoms with Gasteiger partial charge in [-0.2, -0.15) is 0 Å². The second kappa shape index (κ2) is 6.53. The number of aryl methyl sites for hydroxylation is 1. The molecule has 1 aromatic carbocycles. The van der Waals surface area contributed by atoms with Gasteiger partial charge in [-0.25, -0.2) is 0 Å². The van der Waals surface area contributed by atoms with Gasteiger partial charge in [-0.15, -0.1) is 0 Å². The molecule has 0 radical (unpaired) electrons. The van der Waals surface area contributed by atoms with Crippen LogP contribution in [-0.2, 0) is 9.53 Å². The molecule has 19 heavy (non-hydrogen) atoms. The number of nitrogens with one attached hydrogen (secondary N) is 1. The van der Waals surface area contributed by atoms with Gasteiger partial charge in [0.05, 0.1) is 6.10 Å². The molecule has 3 nitrogen and oxygen atoms in total. The molecular weight excluding hydrogens is 306 g/mol. The Labute approximate surface area is 122 Å². The molecule has 0 unspecified atom stereocenters. The number of halogens is 1. The summed E-state index contributed by atoms with van der Waals surface area (Å²) in [5.41, 5.74) is 2.01. The number of carbonyl (C=O) groups is 1. The highest BCUT2D eigenvalue weighted by molar-refractivity contribution is 9.10. The lowest BCUT2D eigenvalue weighted by Gasteiger charge is -2.34. The van der Waals surface area contributed by atoms with E-state index in [-0.39, 0.29) is 5.91 Å². The molecule has 1 fully saturated rings. The number of hydrogen-bond acceptors (Lipinski definition) is 2. The lowest BCUT2D eigenvalue weighted by atomic mass is 9.80. The summed E-state index contributed by atoms with van der Waals surface area (Å²) in [4.78, 5) is 11.9.